The first-order valence-electron chi connectivity index (χ1n) is 5.72. The summed E-state index contributed by atoms with van der Waals surface area (Å²) in [5.74, 6) is 1.06. The zero-order chi connectivity index (χ0) is 11.2. The molecule has 86 valence electrons. The van der Waals surface area contributed by atoms with Crippen LogP contribution in [0, 0.1) is 5.41 Å². The smallest absolute Gasteiger partial charge is 0.128 e. The standard InChI is InChI=1S/C12H16ClN3/c1-15-5-4-12(7-15)8-16(9-12)11-3-2-10(13)6-14-11/h2-3,6H,4-5,7-9H2,1H3. The van der Waals surface area contributed by atoms with E-state index in [2.05, 4.69) is 21.8 Å². The van der Waals surface area contributed by atoms with E-state index in [-0.39, 0.29) is 0 Å². The molecule has 3 nitrogen and oxygen atoms in total. The maximum absolute atomic E-state index is 5.83. The first-order valence-corrected chi connectivity index (χ1v) is 6.10. The summed E-state index contributed by atoms with van der Waals surface area (Å²) >= 11 is 5.83. The maximum atomic E-state index is 5.83. The average molecular weight is 238 g/mol. The highest BCUT2D eigenvalue weighted by molar-refractivity contribution is 6.30. The summed E-state index contributed by atoms with van der Waals surface area (Å²) in [6, 6.07) is 3.92. The summed E-state index contributed by atoms with van der Waals surface area (Å²) in [5.41, 5.74) is 0.538. The van der Waals surface area contributed by atoms with E-state index in [4.69, 9.17) is 11.6 Å². The zero-order valence-corrected chi connectivity index (χ0v) is 10.2. The van der Waals surface area contributed by atoms with Gasteiger partial charge < -0.3 is 9.80 Å². The molecule has 1 aromatic rings. The van der Waals surface area contributed by atoms with Crippen molar-refractivity contribution in [2.45, 2.75) is 6.42 Å². The molecule has 4 heteroatoms. The van der Waals surface area contributed by atoms with Crippen molar-refractivity contribution in [1.82, 2.24) is 9.88 Å². The van der Waals surface area contributed by atoms with E-state index in [1.807, 2.05) is 12.1 Å². The van der Waals surface area contributed by atoms with E-state index < -0.39 is 0 Å². The molecule has 0 N–H and O–H groups in total. The van der Waals surface area contributed by atoms with Crippen LogP contribution in [0.25, 0.3) is 0 Å². The van der Waals surface area contributed by atoms with Crippen molar-refractivity contribution in [2.24, 2.45) is 5.41 Å². The number of pyridine rings is 1. The quantitative estimate of drug-likeness (QED) is 0.744. The Morgan fingerprint density at radius 3 is 2.69 bits per heavy atom. The fourth-order valence-corrected chi connectivity index (χ4v) is 3.01. The number of nitrogens with zero attached hydrogens (tertiary/aromatic N) is 3. The number of aromatic nitrogens is 1. The number of likely N-dealkylation sites (tertiary alicyclic amines) is 1. The molecular weight excluding hydrogens is 222 g/mol. The van der Waals surface area contributed by atoms with Crippen molar-refractivity contribution in [3.05, 3.63) is 23.4 Å². The Balaban J connectivity index is 1.67. The molecule has 0 saturated carbocycles. The van der Waals surface area contributed by atoms with E-state index in [0.717, 1.165) is 18.9 Å². The highest BCUT2D eigenvalue weighted by Gasteiger charge is 2.46. The van der Waals surface area contributed by atoms with Crippen molar-refractivity contribution in [2.75, 3.05) is 38.1 Å². The first-order chi connectivity index (χ1) is 7.67. The number of halogens is 1. The Hall–Kier alpha value is -0.800. The molecule has 0 aromatic carbocycles. The molecular formula is C12H16ClN3. The molecule has 1 spiro atoms. The van der Waals surface area contributed by atoms with Crippen molar-refractivity contribution >= 4 is 17.4 Å². The van der Waals surface area contributed by atoms with E-state index >= 15 is 0 Å². The van der Waals surface area contributed by atoms with Gasteiger partial charge in [-0.3, -0.25) is 0 Å². The molecule has 0 amide bonds. The van der Waals surface area contributed by atoms with E-state index in [9.17, 15) is 0 Å². The molecule has 0 aliphatic carbocycles. The van der Waals surface area contributed by atoms with Gasteiger partial charge in [-0.25, -0.2) is 4.98 Å². The molecule has 2 fully saturated rings. The van der Waals surface area contributed by atoms with Gasteiger partial charge in [0.25, 0.3) is 0 Å². The molecule has 0 atom stereocenters. The van der Waals surface area contributed by atoms with Gasteiger partial charge >= 0.3 is 0 Å². The lowest BCUT2D eigenvalue weighted by Gasteiger charge is -2.48. The summed E-state index contributed by atoms with van der Waals surface area (Å²) in [6.45, 7) is 4.76. The molecule has 3 heterocycles. The van der Waals surface area contributed by atoms with Crippen molar-refractivity contribution in [3.63, 3.8) is 0 Å². The highest BCUT2D eigenvalue weighted by atomic mass is 35.5. The Morgan fingerprint density at radius 1 is 1.31 bits per heavy atom. The minimum atomic E-state index is 0.538. The van der Waals surface area contributed by atoms with Crippen molar-refractivity contribution in [1.29, 1.82) is 0 Å². The van der Waals surface area contributed by atoms with Crippen LogP contribution in [-0.4, -0.2) is 43.1 Å². The molecule has 2 saturated heterocycles. The lowest BCUT2D eigenvalue weighted by Crippen LogP contribution is -2.57. The average Bonchev–Trinajstić information content (AvgIpc) is 2.60. The van der Waals surface area contributed by atoms with Crippen LogP contribution in [-0.2, 0) is 0 Å². The topological polar surface area (TPSA) is 19.4 Å². The highest BCUT2D eigenvalue weighted by Crippen LogP contribution is 2.40. The van der Waals surface area contributed by atoms with Gasteiger partial charge in [0.2, 0.25) is 0 Å². The fraction of sp³-hybridized carbons (Fsp3) is 0.583. The Bertz CT molecular complexity index is 384. The zero-order valence-electron chi connectivity index (χ0n) is 9.49. The van der Waals surface area contributed by atoms with Gasteiger partial charge in [-0.15, -0.1) is 0 Å². The van der Waals surface area contributed by atoms with Crippen LogP contribution in [0.5, 0.6) is 0 Å². The predicted octanol–water partition coefficient (Wildman–Crippen LogP) is 1.88. The van der Waals surface area contributed by atoms with Crippen LogP contribution < -0.4 is 4.90 Å². The van der Waals surface area contributed by atoms with Gasteiger partial charge in [0.15, 0.2) is 0 Å². The van der Waals surface area contributed by atoms with Crippen LogP contribution in [0.3, 0.4) is 0 Å². The summed E-state index contributed by atoms with van der Waals surface area (Å²) in [6.07, 6.45) is 3.05. The fourth-order valence-electron chi connectivity index (χ4n) is 2.90. The second kappa shape index (κ2) is 3.60. The summed E-state index contributed by atoms with van der Waals surface area (Å²) in [4.78, 5) is 9.12. The number of hydrogen-bond donors (Lipinski definition) is 0. The van der Waals surface area contributed by atoms with Gasteiger partial charge in [-0.1, -0.05) is 11.6 Å². The van der Waals surface area contributed by atoms with E-state index in [0.29, 0.717) is 10.4 Å². The molecule has 2 aliphatic rings. The second-order valence-corrected chi connectivity index (χ2v) is 5.61. The van der Waals surface area contributed by atoms with Gasteiger partial charge in [0, 0.05) is 31.2 Å². The van der Waals surface area contributed by atoms with Gasteiger partial charge in [0.05, 0.1) is 5.02 Å². The second-order valence-electron chi connectivity index (χ2n) is 5.18. The van der Waals surface area contributed by atoms with Gasteiger partial charge in [-0.05, 0) is 32.1 Å². The monoisotopic (exact) mass is 237 g/mol. The Labute approximate surface area is 101 Å². The largest absolute Gasteiger partial charge is 0.355 e. The summed E-state index contributed by atoms with van der Waals surface area (Å²) in [7, 11) is 2.21. The number of anilines is 1. The van der Waals surface area contributed by atoms with Crippen LogP contribution in [0.2, 0.25) is 5.02 Å². The van der Waals surface area contributed by atoms with Gasteiger partial charge in [0.1, 0.15) is 5.82 Å². The maximum Gasteiger partial charge on any atom is 0.128 e. The third kappa shape index (κ3) is 1.68. The van der Waals surface area contributed by atoms with Gasteiger partial charge in [-0.2, -0.15) is 0 Å². The lowest BCUT2D eigenvalue weighted by molar-refractivity contribution is 0.216. The number of rotatable bonds is 1. The minimum absolute atomic E-state index is 0.538. The van der Waals surface area contributed by atoms with Crippen LogP contribution in [0.15, 0.2) is 18.3 Å². The predicted molar refractivity (Wildman–Crippen MR) is 66.0 cm³/mol. The first kappa shape index (κ1) is 10.4. The molecule has 0 bridgehead atoms. The van der Waals surface area contributed by atoms with Crippen LogP contribution >= 0.6 is 11.6 Å². The van der Waals surface area contributed by atoms with E-state index in [1.54, 1.807) is 6.20 Å². The number of hydrogen-bond acceptors (Lipinski definition) is 3. The Kier molecular flexibility index (Phi) is 2.33. The third-order valence-corrected chi connectivity index (χ3v) is 3.94. The van der Waals surface area contributed by atoms with Crippen molar-refractivity contribution < 1.29 is 0 Å². The summed E-state index contributed by atoms with van der Waals surface area (Å²) < 4.78 is 0. The Morgan fingerprint density at radius 2 is 2.12 bits per heavy atom. The lowest BCUT2D eigenvalue weighted by atomic mass is 9.79. The van der Waals surface area contributed by atoms with Crippen LogP contribution in [0.4, 0.5) is 5.82 Å². The normalized spacial score (nSPS) is 23.8. The van der Waals surface area contributed by atoms with Crippen molar-refractivity contribution in [3.8, 4) is 0 Å². The molecule has 1 aromatic heterocycles. The summed E-state index contributed by atoms with van der Waals surface area (Å²) in [5, 5.41) is 0.708. The molecule has 0 unspecified atom stereocenters. The van der Waals surface area contributed by atoms with E-state index in [1.165, 1.54) is 19.5 Å². The molecule has 16 heavy (non-hydrogen) atoms. The minimum Gasteiger partial charge on any atom is -0.355 e. The van der Waals surface area contributed by atoms with Crippen LogP contribution in [0.1, 0.15) is 6.42 Å². The molecule has 3 rings (SSSR count). The molecule has 0 radical (unpaired) electrons. The SMILES string of the molecule is CN1CCC2(C1)CN(c1ccc(Cl)cn1)C2. The molecule has 2 aliphatic heterocycles. The third-order valence-electron chi connectivity index (χ3n) is 3.72.